The topological polar surface area (TPSA) is 102 Å². The zero-order chi connectivity index (χ0) is 18.0. The van der Waals surface area contributed by atoms with Crippen molar-refractivity contribution in [2.24, 2.45) is 4.99 Å². The van der Waals surface area contributed by atoms with Crippen LogP contribution in [0.5, 0.6) is 5.95 Å². The number of nitrogens with zero attached hydrogens (tertiary/aromatic N) is 3. The minimum Gasteiger partial charge on any atom is -0.479 e. The Morgan fingerprint density at radius 3 is 2.68 bits per heavy atom. The monoisotopic (exact) mass is 421 g/mol. The van der Waals surface area contributed by atoms with Crippen molar-refractivity contribution in [1.29, 1.82) is 0 Å². The van der Waals surface area contributed by atoms with Gasteiger partial charge in [-0.25, -0.2) is 4.98 Å². The molecule has 126 valence electrons. The number of hydrogen-bond acceptors (Lipinski definition) is 6. The first-order chi connectivity index (χ1) is 11.9. The van der Waals surface area contributed by atoms with E-state index in [0.717, 1.165) is 4.47 Å². The van der Waals surface area contributed by atoms with Crippen LogP contribution in [0.25, 0.3) is 11.5 Å². The van der Waals surface area contributed by atoms with Crippen LogP contribution < -0.4 is 0 Å². The average Bonchev–Trinajstić information content (AvgIpc) is 2.95. The molecule has 0 spiro atoms. The molecule has 0 fully saturated rings. The van der Waals surface area contributed by atoms with E-state index in [2.05, 4.69) is 25.9 Å². The van der Waals surface area contributed by atoms with Crippen LogP contribution in [0.3, 0.4) is 0 Å². The van der Waals surface area contributed by atoms with E-state index < -0.39 is 10.9 Å². The quantitative estimate of drug-likeness (QED) is 0.357. The fourth-order valence-electron chi connectivity index (χ4n) is 1.98. The lowest BCUT2D eigenvalue weighted by molar-refractivity contribution is -0.384. The van der Waals surface area contributed by atoms with Gasteiger partial charge < -0.3 is 9.52 Å². The maximum atomic E-state index is 10.9. The third-order valence-corrected chi connectivity index (χ3v) is 4.04. The van der Waals surface area contributed by atoms with Crippen molar-refractivity contribution >= 4 is 45.1 Å². The molecule has 0 amide bonds. The lowest BCUT2D eigenvalue weighted by Gasteiger charge is -1.96. The van der Waals surface area contributed by atoms with Crippen LogP contribution >= 0.6 is 27.5 Å². The number of nitro benzene ring substituents is 1. The lowest BCUT2D eigenvalue weighted by Crippen LogP contribution is -1.88. The minimum absolute atomic E-state index is 0.0192. The van der Waals surface area contributed by atoms with Crippen LogP contribution in [-0.2, 0) is 0 Å². The highest BCUT2D eigenvalue weighted by Gasteiger charge is 2.14. The molecular formula is C16H9BrClN3O4. The number of nitro groups is 1. The van der Waals surface area contributed by atoms with Gasteiger partial charge in [0.2, 0.25) is 5.89 Å². The number of rotatable bonds is 4. The van der Waals surface area contributed by atoms with Crippen LogP contribution in [0.4, 0.5) is 11.4 Å². The number of aromatic nitrogens is 1. The van der Waals surface area contributed by atoms with E-state index in [-0.39, 0.29) is 22.3 Å². The third-order valence-electron chi connectivity index (χ3n) is 3.19. The molecule has 7 nitrogen and oxygen atoms in total. The summed E-state index contributed by atoms with van der Waals surface area (Å²) in [5.41, 5.74) is 0.829. The second-order valence-corrected chi connectivity index (χ2v) is 6.19. The second-order valence-electron chi connectivity index (χ2n) is 4.87. The highest BCUT2D eigenvalue weighted by atomic mass is 79.9. The molecule has 3 aromatic rings. The van der Waals surface area contributed by atoms with Gasteiger partial charge >= 0.3 is 5.95 Å². The van der Waals surface area contributed by atoms with Gasteiger partial charge in [0.1, 0.15) is 5.02 Å². The molecule has 0 saturated heterocycles. The summed E-state index contributed by atoms with van der Waals surface area (Å²) in [7, 11) is 0. The Morgan fingerprint density at radius 1 is 1.28 bits per heavy atom. The zero-order valence-electron chi connectivity index (χ0n) is 12.4. The Hall–Kier alpha value is -2.71. The smallest absolute Gasteiger partial charge is 0.312 e. The summed E-state index contributed by atoms with van der Waals surface area (Å²) in [5.74, 6) is -0.168. The third kappa shape index (κ3) is 3.86. The Morgan fingerprint density at radius 2 is 2.00 bits per heavy atom. The minimum atomic E-state index is -0.597. The van der Waals surface area contributed by atoms with E-state index >= 15 is 0 Å². The van der Waals surface area contributed by atoms with Crippen molar-refractivity contribution in [3.8, 4) is 17.4 Å². The van der Waals surface area contributed by atoms with E-state index in [1.807, 2.05) is 12.1 Å². The molecule has 3 rings (SSSR count). The van der Waals surface area contributed by atoms with Gasteiger partial charge in [0, 0.05) is 16.1 Å². The Bertz CT molecular complexity index is 970. The molecule has 0 radical (unpaired) electrons. The fraction of sp³-hybridized carbons (Fsp3) is 0. The van der Waals surface area contributed by atoms with Gasteiger partial charge in [-0.2, -0.15) is 0 Å². The SMILES string of the molecule is O=[N+]([O-])c1cc(N=Cc2nc(-c3ccc(Br)cc3)oc2O)ccc1Cl. The molecule has 1 aromatic heterocycles. The maximum absolute atomic E-state index is 10.9. The van der Waals surface area contributed by atoms with Crippen molar-refractivity contribution in [3.05, 3.63) is 67.8 Å². The molecule has 0 bridgehead atoms. The normalized spacial score (nSPS) is 11.1. The maximum Gasteiger partial charge on any atom is 0.312 e. The summed E-state index contributed by atoms with van der Waals surface area (Å²) in [6.07, 6.45) is 1.26. The molecule has 0 saturated carbocycles. The summed E-state index contributed by atoms with van der Waals surface area (Å²) < 4.78 is 6.12. The first-order valence-electron chi connectivity index (χ1n) is 6.88. The van der Waals surface area contributed by atoms with Crippen LogP contribution in [-0.4, -0.2) is 21.2 Å². The molecule has 0 aliphatic rings. The number of hydrogen-bond donors (Lipinski definition) is 1. The first-order valence-corrected chi connectivity index (χ1v) is 8.05. The van der Waals surface area contributed by atoms with Crippen molar-refractivity contribution in [3.63, 3.8) is 0 Å². The van der Waals surface area contributed by atoms with Gasteiger partial charge in [-0.15, -0.1) is 0 Å². The number of aliphatic imine (C=N–C) groups is 1. The van der Waals surface area contributed by atoms with Crippen molar-refractivity contribution in [1.82, 2.24) is 4.98 Å². The summed E-state index contributed by atoms with van der Waals surface area (Å²) in [5, 5.41) is 20.8. The molecule has 1 N–H and O–H groups in total. The van der Waals surface area contributed by atoms with Gasteiger partial charge in [-0.05, 0) is 36.4 Å². The summed E-state index contributed by atoms with van der Waals surface area (Å²) >= 11 is 9.08. The molecule has 9 heteroatoms. The van der Waals surface area contributed by atoms with E-state index in [4.69, 9.17) is 16.0 Å². The molecule has 0 aliphatic carbocycles. The van der Waals surface area contributed by atoms with Crippen LogP contribution in [0.15, 0.2) is 56.3 Å². The highest BCUT2D eigenvalue weighted by Crippen LogP contribution is 2.30. The number of oxazole rings is 1. The van der Waals surface area contributed by atoms with Crippen LogP contribution in [0, 0.1) is 10.1 Å². The largest absolute Gasteiger partial charge is 0.479 e. The molecule has 1 heterocycles. The second kappa shape index (κ2) is 7.04. The van der Waals surface area contributed by atoms with Gasteiger partial charge in [0.05, 0.1) is 16.8 Å². The highest BCUT2D eigenvalue weighted by molar-refractivity contribution is 9.10. The zero-order valence-corrected chi connectivity index (χ0v) is 14.7. The summed E-state index contributed by atoms with van der Waals surface area (Å²) in [6.45, 7) is 0. The average molecular weight is 423 g/mol. The predicted octanol–water partition coefficient (Wildman–Crippen LogP) is 5.12. The van der Waals surface area contributed by atoms with Gasteiger partial charge in [0.25, 0.3) is 5.69 Å². The summed E-state index contributed by atoms with van der Waals surface area (Å²) in [6, 6.07) is 11.3. The number of benzene rings is 2. The van der Waals surface area contributed by atoms with E-state index in [0.29, 0.717) is 11.3 Å². The Labute approximate surface area is 154 Å². The van der Waals surface area contributed by atoms with Crippen molar-refractivity contribution < 1.29 is 14.4 Å². The molecular weight excluding hydrogens is 414 g/mol. The Balaban J connectivity index is 1.88. The van der Waals surface area contributed by atoms with Crippen molar-refractivity contribution in [2.75, 3.05) is 0 Å². The van der Waals surface area contributed by atoms with Gasteiger partial charge in [0.15, 0.2) is 5.69 Å². The molecule has 0 unspecified atom stereocenters. The molecule has 0 atom stereocenters. The fourth-order valence-corrected chi connectivity index (χ4v) is 2.43. The first kappa shape index (κ1) is 17.1. The van der Waals surface area contributed by atoms with Crippen LogP contribution in [0.1, 0.15) is 5.69 Å². The predicted molar refractivity (Wildman–Crippen MR) is 96.7 cm³/mol. The van der Waals surface area contributed by atoms with E-state index in [1.54, 1.807) is 12.1 Å². The van der Waals surface area contributed by atoms with Crippen molar-refractivity contribution in [2.45, 2.75) is 0 Å². The van der Waals surface area contributed by atoms with Gasteiger partial charge in [-0.1, -0.05) is 27.5 Å². The van der Waals surface area contributed by atoms with E-state index in [1.165, 1.54) is 24.4 Å². The standard InChI is InChI=1S/C16H9BrClN3O4/c17-10-3-1-9(2-4-10)15-20-13(16(22)25-15)8-19-11-5-6-12(18)14(7-11)21(23)24/h1-8,22H. The molecule has 2 aromatic carbocycles. The molecule has 25 heavy (non-hydrogen) atoms. The molecule has 0 aliphatic heterocycles. The Kier molecular flexibility index (Phi) is 4.82. The number of aromatic hydroxyl groups is 1. The summed E-state index contributed by atoms with van der Waals surface area (Å²) in [4.78, 5) is 18.5. The number of halogens is 2. The van der Waals surface area contributed by atoms with Gasteiger partial charge in [-0.3, -0.25) is 15.1 Å². The lowest BCUT2D eigenvalue weighted by atomic mass is 10.2. The van der Waals surface area contributed by atoms with Crippen LogP contribution in [0.2, 0.25) is 5.02 Å². The van der Waals surface area contributed by atoms with E-state index in [9.17, 15) is 15.2 Å².